The molecule has 0 spiro atoms. The Hall–Kier alpha value is -2.37. The quantitative estimate of drug-likeness (QED) is 0.774. The van der Waals surface area contributed by atoms with Crippen LogP contribution in [0, 0.1) is 11.8 Å². The standard InChI is InChI=1S/C12H12N4O3S/c1-16-9-11(8-14-16)20(18,19)15-12-7-10(3-2-6-17)4-5-13-12/h4-5,7-9,17H,6H2,1H3,(H,13,15). The van der Waals surface area contributed by atoms with Crippen LogP contribution >= 0.6 is 0 Å². The molecule has 0 radical (unpaired) electrons. The van der Waals surface area contributed by atoms with Crippen LogP contribution in [0.2, 0.25) is 0 Å². The van der Waals surface area contributed by atoms with E-state index in [0.29, 0.717) is 5.56 Å². The minimum Gasteiger partial charge on any atom is -0.384 e. The number of nitrogens with zero attached hydrogens (tertiary/aromatic N) is 3. The van der Waals surface area contributed by atoms with E-state index in [1.54, 1.807) is 13.1 Å². The maximum Gasteiger partial charge on any atom is 0.266 e. The number of sulfonamides is 1. The van der Waals surface area contributed by atoms with Crippen molar-refractivity contribution in [1.82, 2.24) is 14.8 Å². The van der Waals surface area contributed by atoms with Gasteiger partial charge in [-0.15, -0.1) is 0 Å². The molecule has 0 bridgehead atoms. The topological polar surface area (TPSA) is 97.1 Å². The molecule has 2 aromatic rings. The summed E-state index contributed by atoms with van der Waals surface area (Å²) in [6.07, 6.45) is 4.07. The lowest BCUT2D eigenvalue weighted by Crippen LogP contribution is -2.13. The van der Waals surface area contributed by atoms with E-state index in [9.17, 15) is 8.42 Å². The fourth-order valence-corrected chi connectivity index (χ4v) is 2.42. The number of aromatic nitrogens is 3. The molecule has 0 fully saturated rings. The Morgan fingerprint density at radius 2 is 2.30 bits per heavy atom. The highest BCUT2D eigenvalue weighted by Gasteiger charge is 2.16. The van der Waals surface area contributed by atoms with Gasteiger partial charge in [0.25, 0.3) is 10.0 Å². The molecule has 8 heteroatoms. The third-order valence-corrected chi connectivity index (χ3v) is 3.61. The van der Waals surface area contributed by atoms with Crippen LogP contribution in [0.4, 0.5) is 5.82 Å². The third-order valence-electron chi connectivity index (χ3n) is 2.30. The van der Waals surface area contributed by atoms with Crippen molar-refractivity contribution >= 4 is 15.8 Å². The smallest absolute Gasteiger partial charge is 0.266 e. The number of hydrogen-bond donors (Lipinski definition) is 2. The number of rotatable bonds is 3. The monoisotopic (exact) mass is 292 g/mol. The van der Waals surface area contributed by atoms with Gasteiger partial charge >= 0.3 is 0 Å². The summed E-state index contributed by atoms with van der Waals surface area (Å²) in [6, 6.07) is 3.10. The van der Waals surface area contributed by atoms with Crippen molar-refractivity contribution in [2.24, 2.45) is 7.05 Å². The van der Waals surface area contributed by atoms with Crippen LogP contribution in [0.15, 0.2) is 35.6 Å². The van der Waals surface area contributed by atoms with Gasteiger partial charge in [-0.05, 0) is 12.1 Å². The van der Waals surface area contributed by atoms with Gasteiger partial charge in [0.1, 0.15) is 17.3 Å². The molecule has 7 nitrogen and oxygen atoms in total. The highest BCUT2D eigenvalue weighted by Crippen LogP contribution is 2.13. The van der Waals surface area contributed by atoms with Gasteiger partial charge in [-0.2, -0.15) is 5.10 Å². The zero-order valence-corrected chi connectivity index (χ0v) is 11.4. The molecule has 0 atom stereocenters. The zero-order chi connectivity index (χ0) is 14.6. The van der Waals surface area contributed by atoms with E-state index in [1.165, 1.54) is 29.3 Å². The summed E-state index contributed by atoms with van der Waals surface area (Å²) < 4.78 is 27.9. The first-order valence-electron chi connectivity index (χ1n) is 5.58. The predicted octanol–water partition coefficient (Wildman–Crippen LogP) is -0.0403. The molecule has 2 rings (SSSR count). The summed E-state index contributed by atoms with van der Waals surface area (Å²) in [7, 11) is -2.10. The number of nitrogens with one attached hydrogen (secondary N) is 1. The average Bonchev–Trinajstić information content (AvgIpc) is 2.84. The van der Waals surface area contributed by atoms with Gasteiger partial charge in [0.2, 0.25) is 0 Å². The molecule has 0 amide bonds. The van der Waals surface area contributed by atoms with Crippen molar-refractivity contribution in [2.45, 2.75) is 4.90 Å². The number of aliphatic hydroxyl groups is 1. The molecule has 0 aliphatic rings. The maximum absolute atomic E-state index is 12.1. The van der Waals surface area contributed by atoms with E-state index in [0.717, 1.165) is 0 Å². The maximum atomic E-state index is 12.1. The second-order valence-electron chi connectivity index (χ2n) is 3.84. The van der Waals surface area contributed by atoms with Gasteiger partial charge in [-0.1, -0.05) is 11.8 Å². The molecule has 0 unspecified atom stereocenters. The lowest BCUT2D eigenvalue weighted by atomic mass is 10.2. The summed E-state index contributed by atoms with van der Waals surface area (Å²) in [6.45, 7) is -0.265. The van der Waals surface area contributed by atoms with Crippen molar-refractivity contribution < 1.29 is 13.5 Å². The fraction of sp³-hybridized carbons (Fsp3) is 0.167. The molecule has 2 aromatic heterocycles. The minimum absolute atomic E-state index is 0.0497. The van der Waals surface area contributed by atoms with Gasteiger partial charge in [-0.3, -0.25) is 9.40 Å². The van der Waals surface area contributed by atoms with E-state index in [-0.39, 0.29) is 17.3 Å². The van der Waals surface area contributed by atoms with Crippen molar-refractivity contribution in [2.75, 3.05) is 11.3 Å². The Labute approximate surface area is 116 Å². The van der Waals surface area contributed by atoms with Crippen LogP contribution in [0.1, 0.15) is 5.56 Å². The SMILES string of the molecule is Cn1cc(S(=O)(=O)Nc2cc(C#CCO)ccn2)cn1. The number of aryl methyl sites for hydroxylation is 1. The molecule has 20 heavy (non-hydrogen) atoms. The van der Waals surface area contributed by atoms with Crippen molar-refractivity contribution in [3.05, 3.63) is 36.3 Å². The first kappa shape index (κ1) is 14.0. The molecule has 0 aliphatic heterocycles. The minimum atomic E-state index is -3.72. The molecule has 104 valence electrons. The molecule has 0 aliphatic carbocycles. The van der Waals surface area contributed by atoms with E-state index in [4.69, 9.17) is 5.11 Å². The first-order chi connectivity index (χ1) is 9.51. The summed E-state index contributed by atoms with van der Waals surface area (Å²) >= 11 is 0. The second-order valence-corrected chi connectivity index (χ2v) is 5.53. The summed E-state index contributed by atoms with van der Waals surface area (Å²) in [5, 5.41) is 12.4. The zero-order valence-electron chi connectivity index (χ0n) is 10.6. The van der Waals surface area contributed by atoms with E-state index < -0.39 is 10.0 Å². The Kier molecular flexibility index (Phi) is 4.02. The molecular weight excluding hydrogens is 280 g/mol. The number of hydrogen-bond acceptors (Lipinski definition) is 5. The summed E-state index contributed by atoms with van der Waals surface area (Å²) in [5.74, 6) is 5.30. The van der Waals surface area contributed by atoms with Crippen LogP contribution in [-0.4, -0.2) is 34.9 Å². The molecular formula is C12H12N4O3S. The van der Waals surface area contributed by atoms with Crippen molar-refractivity contribution in [1.29, 1.82) is 0 Å². The first-order valence-corrected chi connectivity index (χ1v) is 7.07. The normalized spacial score (nSPS) is 10.7. The van der Waals surface area contributed by atoms with Gasteiger partial charge in [0.05, 0.1) is 6.20 Å². The summed E-state index contributed by atoms with van der Waals surface area (Å²) in [4.78, 5) is 3.97. The van der Waals surface area contributed by atoms with Gasteiger partial charge in [-0.25, -0.2) is 13.4 Å². The third kappa shape index (κ3) is 3.34. The van der Waals surface area contributed by atoms with Crippen LogP contribution in [0.25, 0.3) is 0 Å². The second kappa shape index (κ2) is 5.73. The van der Waals surface area contributed by atoms with Crippen LogP contribution < -0.4 is 4.72 Å². The molecule has 0 aromatic carbocycles. The van der Waals surface area contributed by atoms with Crippen LogP contribution in [0.5, 0.6) is 0 Å². The predicted molar refractivity (Wildman–Crippen MR) is 72.2 cm³/mol. The molecule has 2 N–H and O–H groups in total. The number of pyridine rings is 1. The Balaban J connectivity index is 2.25. The Morgan fingerprint density at radius 3 is 2.95 bits per heavy atom. The number of anilines is 1. The lowest BCUT2D eigenvalue weighted by Gasteiger charge is -2.05. The van der Waals surface area contributed by atoms with Crippen molar-refractivity contribution in [3.8, 4) is 11.8 Å². The van der Waals surface area contributed by atoms with Gasteiger partial charge < -0.3 is 5.11 Å². The largest absolute Gasteiger partial charge is 0.384 e. The highest BCUT2D eigenvalue weighted by molar-refractivity contribution is 7.92. The highest BCUT2D eigenvalue weighted by atomic mass is 32.2. The summed E-state index contributed by atoms with van der Waals surface area (Å²) in [5.41, 5.74) is 0.554. The van der Waals surface area contributed by atoms with E-state index in [1.807, 2.05) is 0 Å². The fourth-order valence-electron chi connectivity index (χ4n) is 1.44. The molecule has 0 saturated carbocycles. The van der Waals surface area contributed by atoms with Gasteiger partial charge in [0, 0.05) is 25.0 Å². The Morgan fingerprint density at radius 1 is 1.50 bits per heavy atom. The van der Waals surface area contributed by atoms with Crippen LogP contribution in [0.3, 0.4) is 0 Å². The molecule has 0 saturated heterocycles. The van der Waals surface area contributed by atoms with Crippen LogP contribution in [-0.2, 0) is 17.1 Å². The van der Waals surface area contributed by atoms with E-state index >= 15 is 0 Å². The number of aliphatic hydroxyl groups excluding tert-OH is 1. The van der Waals surface area contributed by atoms with Crippen molar-refractivity contribution in [3.63, 3.8) is 0 Å². The lowest BCUT2D eigenvalue weighted by molar-refractivity contribution is 0.350. The molecule has 2 heterocycles. The average molecular weight is 292 g/mol. The Bertz CT molecular complexity index is 771. The van der Waals surface area contributed by atoms with Gasteiger partial charge in [0.15, 0.2) is 0 Å². The van der Waals surface area contributed by atoms with E-state index in [2.05, 4.69) is 26.6 Å².